The summed E-state index contributed by atoms with van der Waals surface area (Å²) in [5.41, 5.74) is 1.27. The van der Waals surface area contributed by atoms with Crippen molar-refractivity contribution in [2.24, 2.45) is 0 Å². The van der Waals surface area contributed by atoms with E-state index in [0.717, 1.165) is 31.3 Å². The second kappa shape index (κ2) is 10.6. The predicted octanol–water partition coefficient (Wildman–Crippen LogP) is 3.82. The van der Waals surface area contributed by atoms with E-state index < -0.39 is 23.8 Å². The van der Waals surface area contributed by atoms with Gasteiger partial charge in [0.15, 0.2) is 11.6 Å². The summed E-state index contributed by atoms with van der Waals surface area (Å²) in [5, 5.41) is 22.4. The van der Waals surface area contributed by atoms with Gasteiger partial charge in [0.2, 0.25) is 0 Å². The molecule has 0 spiro atoms. The van der Waals surface area contributed by atoms with Crippen LogP contribution in [0.3, 0.4) is 0 Å². The summed E-state index contributed by atoms with van der Waals surface area (Å²) < 4.78 is 64.9. The molecule has 0 aliphatic carbocycles. The van der Waals surface area contributed by atoms with Gasteiger partial charge >= 0.3 is 12.1 Å². The number of carboxylic acids is 1. The number of halogens is 5. The van der Waals surface area contributed by atoms with E-state index in [4.69, 9.17) is 19.9 Å². The summed E-state index contributed by atoms with van der Waals surface area (Å²) in [6.07, 6.45) is -4.08. The van der Waals surface area contributed by atoms with Gasteiger partial charge in [0.05, 0.1) is 11.6 Å². The smallest absolute Gasteiger partial charge is 0.486 e. The fourth-order valence-electron chi connectivity index (χ4n) is 2.61. The lowest BCUT2D eigenvalue weighted by Crippen LogP contribution is -2.22. The number of rotatable bonds is 5. The summed E-state index contributed by atoms with van der Waals surface area (Å²) in [4.78, 5) is 8.90. The normalized spacial score (nSPS) is 15.4. The number of alkyl halides is 3. The van der Waals surface area contributed by atoms with Gasteiger partial charge in [0, 0.05) is 29.9 Å². The van der Waals surface area contributed by atoms with E-state index >= 15 is 0 Å². The van der Waals surface area contributed by atoms with Crippen molar-refractivity contribution in [2.75, 3.05) is 18.4 Å². The molecule has 0 unspecified atom stereocenters. The van der Waals surface area contributed by atoms with Crippen LogP contribution in [0.4, 0.5) is 27.6 Å². The lowest BCUT2D eigenvalue weighted by atomic mass is 10.1. The molecular formula is C20H18F5N3O3. The molecule has 11 heteroatoms. The lowest BCUT2D eigenvalue weighted by molar-refractivity contribution is -0.192. The Bertz CT molecular complexity index is 954. The average molecular weight is 443 g/mol. The van der Waals surface area contributed by atoms with Crippen molar-refractivity contribution < 1.29 is 36.6 Å². The summed E-state index contributed by atoms with van der Waals surface area (Å²) in [7, 11) is 0. The van der Waals surface area contributed by atoms with Gasteiger partial charge < -0.3 is 20.5 Å². The molecule has 0 amide bonds. The second-order valence-corrected chi connectivity index (χ2v) is 6.49. The number of hydrogen-bond donors (Lipinski definition) is 3. The van der Waals surface area contributed by atoms with Crippen LogP contribution in [0.25, 0.3) is 0 Å². The fraction of sp³-hybridized carbons (Fsp3) is 0.300. The largest absolute Gasteiger partial charge is 0.490 e. The highest BCUT2D eigenvalue weighted by Gasteiger charge is 2.38. The van der Waals surface area contributed by atoms with E-state index in [1.54, 1.807) is 12.1 Å². The Kier molecular flexibility index (Phi) is 8.15. The van der Waals surface area contributed by atoms with Crippen molar-refractivity contribution >= 4 is 11.7 Å². The number of anilines is 1. The van der Waals surface area contributed by atoms with Crippen LogP contribution < -0.4 is 15.4 Å². The number of hydrogen-bond acceptors (Lipinski definition) is 5. The number of carbonyl (C=O) groups is 1. The van der Waals surface area contributed by atoms with Gasteiger partial charge in [-0.25, -0.2) is 13.6 Å². The summed E-state index contributed by atoms with van der Waals surface area (Å²) in [5.74, 6) is -3.73. The number of ether oxygens (including phenoxy) is 1. The molecule has 0 saturated carbocycles. The molecule has 1 aliphatic heterocycles. The second-order valence-electron chi connectivity index (χ2n) is 6.49. The van der Waals surface area contributed by atoms with Crippen molar-refractivity contribution in [1.82, 2.24) is 5.32 Å². The van der Waals surface area contributed by atoms with Gasteiger partial charge in [-0.1, -0.05) is 6.07 Å². The molecule has 1 aliphatic rings. The third-order valence-electron chi connectivity index (χ3n) is 4.17. The van der Waals surface area contributed by atoms with Gasteiger partial charge in [0.25, 0.3) is 0 Å². The maximum Gasteiger partial charge on any atom is 0.490 e. The van der Waals surface area contributed by atoms with E-state index in [0.29, 0.717) is 6.04 Å². The zero-order chi connectivity index (χ0) is 23.0. The summed E-state index contributed by atoms with van der Waals surface area (Å²) in [6, 6.07) is 10.8. The lowest BCUT2D eigenvalue weighted by Gasteiger charge is -2.15. The first kappa shape index (κ1) is 23.9. The minimum Gasteiger partial charge on any atom is -0.486 e. The van der Waals surface area contributed by atoms with Crippen molar-refractivity contribution in [2.45, 2.75) is 25.2 Å². The molecule has 1 saturated heterocycles. The molecule has 6 nitrogen and oxygen atoms in total. The minimum absolute atomic E-state index is 0.0646. The monoisotopic (exact) mass is 443 g/mol. The molecule has 166 valence electrons. The molecule has 1 heterocycles. The van der Waals surface area contributed by atoms with Crippen LogP contribution in [0.2, 0.25) is 0 Å². The van der Waals surface area contributed by atoms with Gasteiger partial charge in [-0.2, -0.15) is 18.4 Å². The Morgan fingerprint density at radius 1 is 1.23 bits per heavy atom. The molecule has 0 bridgehead atoms. The molecule has 2 aromatic rings. The van der Waals surface area contributed by atoms with Crippen LogP contribution in [0.5, 0.6) is 5.75 Å². The molecule has 1 fully saturated rings. The molecule has 0 aromatic heterocycles. The van der Waals surface area contributed by atoms with Crippen LogP contribution in [0.1, 0.15) is 17.5 Å². The first-order valence-electron chi connectivity index (χ1n) is 8.98. The Labute approximate surface area is 174 Å². The highest BCUT2D eigenvalue weighted by Crippen LogP contribution is 2.24. The highest BCUT2D eigenvalue weighted by molar-refractivity contribution is 5.73. The Morgan fingerprint density at radius 2 is 1.94 bits per heavy atom. The molecular weight excluding hydrogens is 425 g/mol. The zero-order valence-corrected chi connectivity index (χ0v) is 16.0. The van der Waals surface area contributed by atoms with Gasteiger partial charge in [-0.15, -0.1) is 0 Å². The van der Waals surface area contributed by atoms with Gasteiger partial charge in [-0.3, -0.25) is 0 Å². The zero-order valence-electron chi connectivity index (χ0n) is 16.0. The molecule has 0 radical (unpaired) electrons. The highest BCUT2D eigenvalue weighted by atomic mass is 19.4. The third-order valence-corrected chi connectivity index (χ3v) is 4.17. The maximum absolute atomic E-state index is 13.9. The molecule has 2 aromatic carbocycles. The van der Waals surface area contributed by atoms with Crippen LogP contribution in [0.15, 0.2) is 36.4 Å². The number of benzene rings is 2. The number of nitrogens with zero attached hydrogens (tertiary/aromatic N) is 1. The van der Waals surface area contributed by atoms with E-state index in [9.17, 15) is 22.0 Å². The maximum atomic E-state index is 13.9. The van der Waals surface area contributed by atoms with Crippen LogP contribution in [0, 0.1) is 23.0 Å². The quantitative estimate of drug-likeness (QED) is 0.609. The minimum atomic E-state index is -5.08. The number of aliphatic carboxylic acids is 1. The van der Waals surface area contributed by atoms with Gasteiger partial charge in [-0.05, 0) is 37.2 Å². The first-order chi connectivity index (χ1) is 14.6. The van der Waals surface area contributed by atoms with Gasteiger partial charge in [0.1, 0.15) is 12.4 Å². The summed E-state index contributed by atoms with van der Waals surface area (Å²) >= 11 is 0. The number of nitriles is 1. The molecule has 3 N–H and O–H groups in total. The fourth-order valence-corrected chi connectivity index (χ4v) is 2.61. The standard InChI is InChI=1S/C18H17F2N3O.C2HF3O2/c19-16-4-3-14(23-15-5-6-22-10-15)8-18(16)24-11-13-2-1-12(9-21)7-17(13)20;3-2(4,5)1(6)7/h1-4,7-8,15,22-23H,5-6,10-11H2;(H,6,7)/t15-;/m1./s1. The van der Waals surface area contributed by atoms with Crippen LogP contribution in [-0.2, 0) is 11.4 Å². The summed E-state index contributed by atoms with van der Waals surface area (Å²) in [6.45, 7) is 1.72. The molecule has 3 rings (SSSR count). The Balaban J connectivity index is 0.000000423. The van der Waals surface area contributed by atoms with E-state index in [2.05, 4.69) is 10.6 Å². The van der Waals surface area contributed by atoms with Crippen LogP contribution >= 0.6 is 0 Å². The Morgan fingerprint density at radius 3 is 2.48 bits per heavy atom. The first-order valence-corrected chi connectivity index (χ1v) is 8.98. The van der Waals surface area contributed by atoms with Crippen molar-refractivity contribution in [3.8, 4) is 11.8 Å². The molecule has 31 heavy (non-hydrogen) atoms. The molecule has 1 atom stereocenters. The predicted molar refractivity (Wildman–Crippen MR) is 100 cm³/mol. The third kappa shape index (κ3) is 7.42. The van der Waals surface area contributed by atoms with Crippen molar-refractivity contribution in [3.63, 3.8) is 0 Å². The SMILES string of the molecule is N#Cc1ccc(COc2cc(N[C@@H]3CCNC3)ccc2F)c(F)c1.O=C(O)C(F)(F)F. The average Bonchev–Trinajstić information content (AvgIpc) is 3.22. The number of nitrogens with one attached hydrogen (secondary N) is 2. The van der Waals surface area contributed by atoms with Crippen molar-refractivity contribution in [1.29, 1.82) is 5.26 Å². The van der Waals surface area contributed by atoms with E-state index in [1.165, 1.54) is 18.2 Å². The van der Waals surface area contributed by atoms with E-state index in [1.807, 2.05) is 6.07 Å². The van der Waals surface area contributed by atoms with E-state index in [-0.39, 0.29) is 23.5 Å². The topological polar surface area (TPSA) is 94.4 Å². The number of carboxylic acid groups (broad SMARTS) is 1. The van der Waals surface area contributed by atoms with Crippen molar-refractivity contribution in [3.05, 3.63) is 59.2 Å². The van der Waals surface area contributed by atoms with Crippen LogP contribution in [-0.4, -0.2) is 36.4 Å². The Hall–Kier alpha value is -3.39.